The number of hydrogen-bond donors (Lipinski definition) is 1. The summed E-state index contributed by atoms with van der Waals surface area (Å²) in [7, 11) is 0. The molecule has 0 aliphatic heterocycles. The molecule has 5 heteroatoms. The molecule has 1 heterocycles. The summed E-state index contributed by atoms with van der Waals surface area (Å²) < 4.78 is 4.44. The largest absolute Gasteiger partial charge is 0.461 e. The molecule has 1 aromatic heterocycles. The zero-order valence-electron chi connectivity index (χ0n) is 5.11. The average molecular weight is 158 g/mol. The van der Waals surface area contributed by atoms with Crippen LogP contribution in [0.2, 0.25) is 0 Å². The van der Waals surface area contributed by atoms with Crippen LogP contribution in [0.15, 0.2) is 5.38 Å². The highest BCUT2D eigenvalue weighted by atomic mass is 32.1. The number of hydrogen-bond acceptors (Lipinski definition) is 5. The maximum atomic E-state index is 9.71. The molecule has 1 rings (SSSR count). The van der Waals surface area contributed by atoms with E-state index in [-0.39, 0.29) is 6.61 Å². The third-order valence-electron chi connectivity index (χ3n) is 0.869. The lowest BCUT2D eigenvalue weighted by atomic mass is 10.5. The summed E-state index contributed by atoms with van der Waals surface area (Å²) >= 11 is 1.33. The lowest BCUT2D eigenvalue weighted by molar-refractivity contribution is -0.129. The molecule has 0 bridgehead atoms. The second-order valence-corrected chi connectivity index (χ2v) is 2.47. The van der Waals surface area contributed by atoms with Gasteiger partial charge in [-0.05, 0) is 0 Å². The molecule has 10 heavy (non-hydrogen) atoms. The third-order valence-corrected chi connectivity index (χ3v) is 1.59. The van der Waals surface area contributed by atoms with Crippen LogP contribution < -0.4 is 5.73 Å². The van der Waals surface area contributed by atoms with E-state index in [0.29, 0.717) is 17.3 Å². The number of anilines is 1. The number of aromatic nitrogens is 1. The molecular formula is C5H6N2O2S. The lowest BCUT2D eigenvalue weighted by Gasteiger charge is -1.89. The molecule has 1 aromatic rings. The van der Waals surface area contributed by atoms with Crippen molar-refractivity contribution < 1.29 is 9.53 Å². The molecule has 2 N–H and O–H groups in total. The van der Waals surface area contributed by atoms with Gasteiger partial charge in [0.2, 0.25) is 0 Å². The number of ether oxygens (including phenoxy) is 1. The Balaban J connectivity index is 2.49. The van der Waals surface area contributed by atoms with Gasteiger partial charge < -0.3 is 10.5 Å². The maximum absolute atomic E-state index is 9.71. The van der Waals surface area contributed by atoms with Crippen molar-refractivity contribution in [3.8, 4) is 0 Å². The minimum atomic E-state index is 0.206. The van der Waals surface area contributed by atoms with E-state index < -0.39 is 0 Å². The Labute approximate surface area is 61.6 Å². The van der Waals surface area contributed by atoms with Gasteiger partial charge in [-0.1, -0.05) is 0 Å². The first kappa shape index (κ1) is 7.01. The van der Waals surface area contributed by atoms with Gasteiger partial charge in [-0.3, -0.25) is 4.79 Å². The van der Waals surface area contributed by atoms with Crippen LogP contribution in [-0.2, 0) is 16.1 Å². The van der Waals surface area contributed by atoms with E-state index in [9.17, 15) is 4.79 Å². The predicted molar refractivity (Wildman–Crippen MR) is 37.4 cm³/mol. The molecular weight excluding hydrogens is 152 g/mol. The fraction of sp³-hybridized carbons (Fsp3) is 0.200. The SMILES string of the molecule is Nc1nc(COC=O)cs1. The van der Waals surface area contributed by atoms with Gasteiger partial charge in [-0.2, -0.15) is 0 Å². The fourth-order valence-corrected chi connectivity index (χ4v) is 1.06. The lowest BCUT2D eigenvalue weighted by Crippen LogP contribution is -1.90. The van der Waals surface area contributed by atoms with Gasteiger partial charge in [0.25, 0.3) is 6.47 Å². The molecule has 0 saturated carbocycles. The summed E-state index contributed by atoms with van der Waals surface area (Å²) in [5.74, 6) is 0. The molecule has 0 unspecified atom stereocenters. The van der Waals surface area contributed by atoms with E-state index in [1.807, 2.05) is 0 Å². The first-order chi connectivity index (χ1) is 4.83. The van der Waals surface area contributed by atoms with Gasteiger partial charge in [0, 0.05) is 5.38 Å². The number of nitrogens with two attached hydrogens (primary N) is 1. The Kier molecular flexibility index (Phi) is 2.22. The highest BCUT2D eigenvalue weighted by Crippen LogP contribution is 2.10. The van der Waals surface area contributed by atoms with Crippen molar-refractivity contribution in [3.05, 3.63) is 11.1 Å². The van der Waals surface area contributed by atoms with Gasteiger partial charge in [-0.15, -0.1) is 11.3 Å². The molecule has 0 fully saturated rings. The third kappa shape index (κ3) is 1.70. The van der Waals surface area contributed by atoms with Crippen molar-refractivity contribution >= 4 is 22.9 Å². The summed E-state index contributed by atoms with van der Waals surface area (Å²) in [6.07, 6.45) is 0. The van der Waals surface area contributed by atoms with Crippen LogP contribution in [0.1, 0.15) is 5.69 Å². The molecule has 0 radical (unpaired) electrons. The van der Waals surface area contributed by atoms with E-state index in [4.69, 9.17) is 5.73 Å². The Morgan fingerprint density at radius 1 is 1.90 bits per heavy atom. The molecule has 0 amide bonds. The minimum absolute atomic E-state index is 0.206. The Hall–Kier alpha value is -1.10. The van der Waals surface area contributed by atoms with Gasteiger partial charge in [0.15, 0.2) is 5.13 Å². The average Bonchev–Trinajstić information content (AvgIpc) is 2.31. The van der Waals surface area contributed by atoms with Gasteiger partial charge in [0.1, 0.15) is 6.61 Å². The second-order valence-electron chi connectivity index (χ2n) is 1.58. The number of carbonyl (C=O) groups excluding carboxylic acids is 1. The van der Waals surface area contributed by atoms with Crippen LogP contribution in [0.25, 0.3) is 0 Å². The number of thiazole rings is 1. The van der Waals surface area contributed by atoms with Crippen LogP contribution in [0.5, 0.6) is 0 Å². The van der Waals surface area contributed by atoms with Gasteiger partial charge in [-0.25, -0.2) is 4.98 Å². The fourth-order valence-electron chi connectivity index (χ4n) is 0.508. The quantitative estimate of drug-likeness (QED) is 0.646. The van der Waals surface area contributed by atoms with Gasteiger partial charge in [0.05, 0.1) is 5.69 Å². The monoisotopic (exact) mass is 158 g/mol. The summed E-state index contributed by atoms with van der Waals surface area (Å²) in [5.41, 5.74) is 6.00. The van der Waals surface area contributed by atoms with Crippen LogP contribution in [0.4, 0.5) is 5.13 Å². The van der Waals surface area contributed by atoms with E-state index in [1.165, 1.54) is 11.3 Å². The molecule has 0 aliphatic rings. The van der Waals surface area contributed by atoms with Crippen LogP contribution in [-0.4, -0.2) is 11.5 Å². The Bertz CT molecular complexity index is 223. The Morgan fingerprint density at radius 2 is 2.70 bits per heavy atom. The normalized spacial score (nSPS) is 9.20. The van der Waals surface area contributed by atoms with Crippen molar-refractivity contribution in [2.24, 2.45) is 0 Å². The highest BCUT2D eigenvalue weighted by molar-refractivity contribution is 7.13. The van der Waals surface area contributed by atoms with Gasteiger partial charge >= 0.3 is 0 Å². The molecule has 4 nitrogen and oxygen atoms in total. The molecule has 0 aromatic carbocycles. The van der Waals surface area contributed by atoms with Crippen molar-refractivity contribution in [2.75, 3.05) is 5.73 Å². The van der Waals surface area contributed by atoms with Crippen molar-refractivity contribution in [1.29, 1.82) is 0 Å². The Morgan fingerprint density at radius 3 is 3.20 bits per heavy atom. The molecule has 0 saturated heterocycles. The van der Waals surface area contributed by atoms with Crippen molar-refractivity contribution in [2.45, 2.75) is 6.61 Å². The maximum Gasteiger partial charge on any atom is 0.293 e. The van der Waals surface area contributed by atoms with E-state index in [2.05, 4.69) is 9.72 Å². The number of nitrogen functional groups attached to an aromatic ring is 1. The predicted octanol–water partition coefficient (Wildman–Crippen LogP) is 0.398. The first-order valence-corrected chi connectivity index (χ1v) is 3.46. The van der Waals surface area contributed by atoms with Crippen LogP contribution >= 0.6 is 11.3 Å². The van der Waals surface area contributed by atoms with Crippen molar-refractivity contribution in [3.63, 3.8) is 0 Å². The second kappa shape index (κ2) is 3.17. The zero-order valence-corrected chi connectivity index (χ0v) is 5.93. The number of rotatable bonds is 3. The topological polar surface area (TPSA) is 65.2 Å². The standard InChI is InChI=1S/C5H6N2O2S/c6-5-7-4(2-10-5)1-9-3-8/h2-3H,1H2,(H2,6,7). The van der Waals surface area contributed by atoms with Crippen LogP contribution in [0.3, 0.4) is 0 Å². The smallest absolute Gasteiger partial charge is 0.293 e. The summed E-state index contributed by atoms with van der Waals surface area (Å²) in [6.45, 7) is 0.590. The molecule has 0 aliphatic carbocycles. The van der Waals surface area contributed by atoms with Crippen molar-refractivity contribution in [1.82, 2.24) is 4.98 Å². The molecule has 0 spiro atoms. The highest BCUT2D eigenvalue weighted by Gasteiger charge is 1.96. The molecule has 54 valence electrons. The first-order valence-electron chi connectivity index (χ1n) is 2.58. The summed E-state index contributed by atoms with van der Waals surface area (Å²) in [5, 5.41) is 2.24. The summed E-state index contributed by atoms with van der Waals surface area (Å²) in [4.78, 5) is 13.6. The minimum Gasteiger partial charge on any atom is -0.461 e. The summed E-state index contributed by atoms with van der Waals surface area (Å²) in [6, 6.07) is 0. The number of nitrogens with zero attached hydrogens (tertiary/aromatic N) is 1. The number of carbonyl (C=O) groups is 1. The van der Waals surface area contributed by atoms with E-state index in [1.54, 1.807) is 5.38 Å². The molecule has 0 atom stereocenters. The van der Waals surface area contributed by atoms with Crippen LogP contribution in [0, 0.1) is 0 Å². The van der Waals surface area contributed by atoms with E-state index >= 15 is 0 Å². The zero-order chi connectivity index (χ0) is 7.40. The van der Waals surface area contributed by atoms with E-state index in [0.717, 1.165) is 0 Å².